The third kappa shape index (κ3) is 5.26. The number of nitrogens with one attached hydrogen (secondary N) is 2. The molecule has 1 heterocycles. The van der Waals surface area contributed by atoms with Gasteiger partial charge < -0.3 is 15.1 Å². The fourth-order valence-corrected chi connectivity index (χ4v) is 3.77. The largest absolute Gasteiger partial charge is 0.372 e. The van der Waals surface area contributed by atoms with Crippen LogP contribution in [0.1, 0.15) is 18.4 Å². The Labute approximate surface area is 160 Å². The van der Waals surface area contributed by atoms with Crippen LogP contribution in [0.5, 0.6) is 0 Å². The van der Waals surface area contributed by atoms with Crippen molar-refractivity contribution >= 4 is 29.0 Å². The number of rotatable bonds is 7. The average molecular weight is 371 g/mol. The number of benzene rings is 2. The third-order valence-corrected chi connectivity index (χ3v) is 5.49. The van der Waals surface area contributed by atoms with E-state index in [0.29, 0.717) is 6.54 Å². The molecule has 3 rings (SSSR count). The van der Waals surface area contributed by atoms with Crippen molar-refractivity contribution in [1.82, 2.24) is 0 Å². The van der Waals surface area contributed by atoms with E-state index in [1.807, 2.05) is 12.1 Å². The zero-order chi connectivity index (χ0) is 18.4. The van der Waals surface area contributed by atoms with Gasteiger partial charge in [-0.3, -0.25) is 4.79 Å². The maximum Gasteiger partial charge on any atom is 0.279 e. The van der Waals surface area contributed by atoms with Crippen LogP contribution in [-0.2, 0) is 11.3 Å². The predicted octanol–water partition coefficient (Wildman–Crippen LogP) is 2.66. The van der Waals surface area contributed by atoms with Crippen molar-refractivity contribution in [3.05, 3.63) is 54.1 Å². The van der Waals surface area contributed by atoms with E-state index >= 15 is 0 Å². The van der Waals surface area contributed by atoms with Crippen LogP contribution in [0, 0.1) is 0 Å². The molecule has 0 radical (unpaired) electrons. The van der Waals surface area contributed by atoms with Gasteiger partial charge in [-0.15, -0.1) is 11.8 Å². The number of carbonyl (C=O) groups is 1. The smallest absolute Gasteiger partial charge is 0.279 e. The first-order chi connectivity index (χ1) is 12.6. The molecule has 1 aliphatic rings. The van der Waals surface area contributed by atoms with Crippen molar-refractivity contribution in [2.45, 2.75) is 24.3 Å². The number of carbonyl (C=O) groups excluding carboxylic acids is 1. The first-order valence-corrected chi connectivity index (χ1v) is 10.5. The Morgan fingerprint density at radius 2 is 1.73 bits per heavy atom. The standard InChI is InChI=1S/C21H27N3OS/c1-23(15-17-5-11-20(26-2)12-6-17)16-21(25)22-18-7-9-19(10-8-18)24-13-3-4-14-24/h5-12H,3-4,13-16H2,1-2H3,(H,22,25)/p+1. The summed E-state index contributed by atoms with van der Waals surface area (Å²) in [7, 11) is 2.05. The van der Waals surface area contributed by atoms with Gasteiger partial charge in [0, 0.05) is 34.9 Å². The molecule has 1 atom stereocenters. The number of hydrogen-bond donors (Lipinski definition) is 2. The lowest BCUT2D eigenvalue weighted by molar-refractivity contribution is -0.885. The molecular weight excluding hydrogens is 342 g/mol. The number of hydrogen-bond acceptors (Lipinski definition) is 3. The SMILES string of the molecule is CSc1ccc(C[NH+](C)CC(=O)Nc2ccc(N3CCCC3)cc2)cc1. The number of likely N-dealkylation sites (N-methyl/N-ethyl adjacent to an activating group) is 1. The second-order valence-electron chi connectivity index (χ2n) is 6.95. The van der Waals surface area contributed by atoms with Crippen molar-refractivity contribution in [3.63, 3.8) is 0 Å². The van der Waals surface area contributed by atoms with Crippen LogP contribution in [0.15, 0.2) is 53.4 Å². The number of nitrogens with zero attached hydrogens (tertiary/aromatic N) is 1. The first kappa shape index (κ1) is 18.8. The summed E-state index contributed by atoms with van der Waals surface area (Å²) in [5.41, 5.74) is 3.37. The summed E-state index contributed by atoms with van der Waals surface area (Å²) in [5, 5.41) is 3.01. The Balaban J connectivity index is 1.47. The van der Waals surface area contributed by atoms with Crippen LogP contribution < -0.4 is 15.1 Å². The minimum absolute atomic E-state index is 0.0529. The van der Waals surface area contributed by atoms with Crippen LogP contribution in [0.4, 0.5) is 11.4 Å². The molecule has 4 nitrogen and oxygen atoms in total. The van der Waals surface area contributed by atoms with Gasteiger partial charge in [-0.2, -0.15) is 0 Å². The highest BCUT2D eigenvalue weighted by molar-refractivity contribution is 7.98. The van der Waals surface area contributed by atoms with E-state index in [4.69, 9.17) is 0 Å². The second kappa shape index (κ2) is 9.10. The summed E-state index contributed by atoms with van der Waals surface area (Å²) in [6, 6.07) is 16.8. The van der Waals surface area contributed by atoms with E-state index in [9.17, 15) is 4.79 Å². The molecule has 0 bridgehead atoms. The van der Waals surface area contributed by atoms with Crippen LogP contribution >= 0.6 is 11.8 Å². The first-order valence-electron chi connectivity index (χ1n) is 9.23. The van der Waals surface area contributed by atoms with Gasteiger partial charge in [0.2, 0.25) is 0 Å². The monoisotopic (exact) mass is 370 g/mol. The topological polar surface area (TPSA) is 36.8 Å². The van der Waals surface area contributed by atoms with Crippen LogP contribution in [0.25, 0.3) is 0 Å². The minimum Gasteiger partial charge on any atom is -0.372 e. The van der Waals surface area contributed by atoms with Gasteiger partial charge in [0.05, 0.1) is 7.05 Å². The second-order valence-corrected chi connectivity index (χ2v) is 7.83. The molecular formula is C21H28N3OS+. The van der Waals surface area contributed by atoms with E-state index in [-0.39, 0.29) is 5.91 Å². The van der Waals surface area contributed by atoms with E-state index in [1.54, 1.807) is 11.8 Å². The molecule has 1 saturated heterocycles. The van der Waals surface area contributed by atoms with Crippen molar-refractivity contribution in [2.75, 3.05) is 43.2 Å². The van der Waals surface area contributed by atoms with Gasteiger partial charge >= 0.3 is 0 Å². The van der Waals surface area contributed by atoms with E-state index in [1.165, 1.54) is 33.9 Å². The maximum absolute atomic E-state index is 12.3. The Morgan fingerprint density at radius 1 is 1.08 bits per heavy atom. The van der Waals surface area contributed by atoms with Gasteiger partial charge in [-0.25, -0.2) is 0 Å². The van der Waals surface area contributed by atoms with Crippen LogP contribution in [0.3, 0.4) is 0 Å². The number of anilines is 2. The molecule has 2 aromatic carbocycles. The Morgan fingerprint density at radius 3 is 2.35 bits per heavy atom. The minimum atomic E-state index is 0.0529. The third-order valence-electron chi connectivity index (χ3n) is 4.75. The zero-order valence-electron chi connectivity index (χ0n) is 15.6. The lowest BCUT2D eigenvalue weighted by Gasteiger charge is -2.18. The van der Waals surface area contributed by atoms with Crippen molar-refractivity contribution < 1.29 is 9.69 Å². The van der Waals surface area contributed by atoms with Gasteiger partial charge in [0.25, 0.3) is 5.91 Å². The Bertz CT molecular complexity index is 709. The fourth-order valence-electron chi connectivity index (χ4n) is 3.36. The quantitative estimate of drug-likeness (QED) is 0.736. The normalized spacial score (nSPS) is 15.1. The molecule has 0 aromatic heterocycles. The zero-order valence-corrected chi connectivity index (χ0v) is 16.4. The predicted molar refractivity (Wildman–Crippen MR) is 110 cm³/mol. The van der Waals surface area contributed by atoms with Gasteiger partial charge in [-0.05, 0) is 55.5 Å². The molecule has 0 spiro atoms. The highest BCUT2D eigenvalue weighted by Crippen LogP contribution is 2.21. The number of amides is 1. The summed E-state index contributed by atoms with van der Waals surface area (Å²) < 4.78 is 0. The van der Waals surface area contributed by atoms with Crippen LogP contribution in [0.2, 0.25) is 0 Å². The lowest BCUT2D eigenvalue weighted by Crippen LogP contribution is -3.08. The summed E-state index contributed by atoms with van der Waals surface area (Å²) in [6.45, 7) is 3.57. The fraction of sp³-hybridized carbons (Fsp3) is 0.381. The van der Waals surface area contributed by atoms with Gasteiger partial charge in [0.1, 0.15) is 6.54 Å². The molecule has 0 saturated carbocycles. The van der Waals surface area contributed by atoms with E-state index < -0.39 is 0 Å². The maximum atomic E-state index is 12.3. The summed E-state index contributed by atoms with van der Waals surface area (Å²) in [4.78, 5) is 17.1. The van der Waals surface area contributed by atoms with E-state index in [2.05, 4.69) is 59.9 Å². The van der Waals surface area contributed by atoms with Crippen molar-refractivity contribution in [2.24, 2.45) is 0 Å². The van der Waals surface area contributed by atoms with Gasteiger partial charge in [-0.1, -0.05) is 12.1 Å². The molecule has 0 aliphatic carbocycles. The number of quaternary nitrogens is 1. The average Bonchev–Trinajstić information content (AvgIpc) is 3.17. The summed E-state index contributed by atoms with van der Waals surface area (Å²) in [6.07, 6.45) is 4.62. The molecule has 26 heavy (non-hydrogen) atoms. The molecule has 1 fully saturated rings. The summed E-state index contributed by atoms with van der Waals surface area (Å²) in [5.74, 6) is 0.0529. The summed E-state index contributed by atoms with van der Waals surface area (Å²) >= 11 is 1.74. The number of thioether (sulfide) groups is 1. The molecule has 1 unspecified atom stereocenters. The molecule has 1 amide bonds. The Kier molecular flexibility index (Phi) is 6.58. The highest BCUT2D eigenvalue weighted by atomic mass is 32.2. The highest BCUT2D eigenvalue weighted by Gasteiger charge is 2.13. The molecule has 2 N–H and O–H groups in total. The van der Waals surface area contributed by atoms with Crippen LogP contribution in [-0.4, -0.2) is 38.8 Å². The molecule has 138 valence electrons. The van der Waals surface area contributed by atoms with Gasteiger partial charge in [0.15, 0.2) is 6.54 Å². The van der Waals surface area contributed by atoms with Crippen molar-refractivity contribution in [3.8, 4) is 0 Å². The molecule has 1 aliphatic heterocycles. The van der Waals surface area contributed by atoms with Crippen molar-refractivity contribution in [1.29, 1.82) is 0 Å². The van der Waals surface area contributed by atoms with E-state index in [0.717, 1.165) is 25.3 Å². The molecule has 2 aromatic rings. The lowest BCUT2D eigenvalue weighted by atomic mass is 10.2. The Hall–Kier alpha value is -1.98. The molecule has 5 heteroatoms.